The lowest BCUT2D eigenvalue weighted by Crippen LogP contribution is -2.59. The number of rotatable bonds is 3. The molecule has 4 atom stereocenters. The molecule has 8 nitrogen and oxygen atoms in total. The fraction of sp³-hybridized carbons (Fsp3) is 0.435. The van der Waals surface area contributed by atoms with Crippen molar-refractivity contribution in [3.05, 3.63) is 53.0 Å². The summed E-state index contributed by atoms with van der Waals surface area (Å²) in [4.78, 5) is 47.6. The Hall–Kier alpha value is -2.97. The van der Waals surface area contributed by atoms with Gasteiger partial charge in [-0.15, -0.1) is 0 Å². The molecule has 1 aromatic heterocycles. The zero-order chi connectivity index (χ0) is 25.1. The van der Waals surface area contributed by atoms with Crippen LogP contribution in [0.1, 0.15) is 40.4 Å². The minimum Gasteiger partial charge on any atom is -0.340 e. The number of alkyl halides is 3. The number of nitrogens with zero attached hydrogens (tertiary/aromatic N) is 3. The van der Waals surface area contributed by atoms with Gasteiger partial charge in [-0.2, -0.15) is 13.2 Å². The predicted molar refractivity (Wildman–Crippen MR) is 119 cm³/mol. The van der Waals surface area contributed by atoms with E-state index >= 15 is 0 Å². The van der Waals surface area contributed by atoms with Crippen molar-refractivity contribution in [3.63, 3.8) is 0 Å². The molecule has 1 saturated heterocycles. The Bertz CT molecular complexity index is 1240. The highest BCUT2D eigenvalue weighted by Crippen LogP contribution is 2.46. The van der Waals surface area contributed by atoms with Gasteiger partial charge in [0.2, 0.25) is 11.8 Å². The molecule has 35 heavy (non-hydrogen) atoms. The molecule has 2 aliphatic heterocycles. The lowest BCUT2D eigenvalue weighted by molar-refractivity contribution is -0.169. The van der Waals surface area contributed by atoms with Crippen LogP contribution in [0.5, 0.6) is 0 Å². The molecule has 5 rings (SSSR count). The van der Waals surface area contributed by atoms with Gasteiger partial charge < -0.3 is 15.5 Å². The molecular weight excluding hydrogens is 478 g/mol. The lowest BCUT2D eigenvalue weighted by Gasteiger charge is -2.42. The predicted octanol–water partition coefficient (Wildman–Crippen LogP) is 1.70. The molecule has 1 aliphatic carbocycles. The largest absolute Gasteiger partial charge is 0.406 e. The average Bonchev–Trinajstić information content (AvgIpc) is 3.31. The fourth-order valence-corrected chi connectivity index (χ4v) is 5.76. The van der Waals surface area contributed by atoms with Crippen LogP contribution in [-0.4, -0.2) is 73.7 Å². The third-order valence-corrected chi connectivity index (χ3v) is 8.03. The highest BCUT2D eigenvalue weighted by molar-refractivity contribution is 6.13. The SMILES string of the molecule is C[C@@H]1[C@H]([Al])C[C@H](NC(=O)c2ccc3c(c2)C[C@@]2(C3)C(=O)Nc3ncncc32)C(=O)N1CC(F)(F)F. The van der Waals surface area contributed by atoms with Crippen molar-refractivity contribution in [3.8, 4) is 0 Å². The van der Waals surface area contributed by atoms with Gasteiger partial charge in [-0.3, -0.25) is 14.4 Å². The van der Waals surface area contributed by atoms with Crippen molar-refractivity contribution in [2.24, 2.45) is 0 Å². The second kappa shape index (κ2) is 8.31. The number of carbonyl (C=O) groups is 3. The van der Waals surface area contributed by atoms with Crippen molar-refractivity contribution in [1.29, 1.82) is 0 Å². The minimum absolute atomic E-state index is 0.173. The van der Waals surface area contributed by atoms with Gasteiger partial charge >= 0.3 is 6.18 Å². The van der Waals surface area contributed by atoms with Crippen molar-refractivity contribution in [2.75, 3.05) is 11.9 Å². The maximum atomic E-state index is 13.0. The lowest BCUT2D eigenvalue weighted by atomic mass is 9.80. The van der Waals surface area contributed by atoms with E-state index in [4.69, 9.17) is 0 Å². The standard InChI is InChI=1S/C23H21F3N5O3.Al/c1-12-2-5-17(20(33)31(12)10-23(24,25)26)29-19(32)13-3-4-14-7-22(8-15(14)6-13)16-9-27-11-28-18(16)30-21(22)34;/h2-4,6,9,11-12,17H,5,7-8,10H2,1H3,(H,29,32)(H,27,28,30,34);/t12-,17+,22-;/m1./s1. The quantitative estimate of drug-likeness (QED) is 0.626. The molecule has 1 aromatic carbocycles. The zero-order valence-electron chi connectivity index (χ0n) is 18.7. The van der Waals surface area contributed by atoms with E-state index in [9.17, 15) is 27.6 Å². The number of aromatic nitrogens is 2. The van der Waals surface area contributed by atoms with E-state index in [0.717, 1.165) is 16.0 Å². The van der Waals surface area contributed by atoms with Gasteiger partial charge in [-0.25, -0.2) is 9.97 Å². The first-order valence-electron chi connectivity index (χ1n) is 11.2. The van der Waals surface area contributed by atoms with E-state index in [0.29, 0.717) is 24.2 Å². The zero-order valence-corrected chi connectivity index (χ0v) is 19.9. The molecule has 0 unspecified atom stereocenters. The molecular formula is C23H21AlF3N5O3. The Balaban J connectivity index is 1.34. The third-order valence-electron chi connectivity index (χ3n) is 7.20. The Morgan fingerprint density at radius 1 is 1.29 bits per heavy atom. The summed E-state index contributed by atoms with van der Waals surface area (Å²) in [5.74, 6) is -0.990. The van der Waals surface area contributed by atoms with Crippen LogP contribution in [0.25, 0.3) is 0 Å². The molecule has 1 spiro atoms. The molecule has 2 radical (unpaired) electrons. The van der Waals surface area contributed by atoms with E-state index < -0.39 is 42.0 Å². The molecule has 1 fully saturated rings. The van der Waals surface area contributed by atoms with Crippen molar-refractivity contribution in [1.82, 2.24) is 20.2 Å². The number of fused-ring (bicyclic) bond motifs is 3. The summed E-state index contributed by atoms with van der Waals surface area (Å²) in [6.07, 6.45) is -0.520. The summed E-state index contributed by atoms with van der Waals surface area (Å²) >= 11 is 2.47. The number of piperidine rings is 1. The molecule has 2 aromatic rings. The normalized spacial score (nSPS) is 27.5. The first kappa shape index (κ1) is 23.8. The molecule has 0 saturated carbocycles. The highest BCUT2D eigenvalue weighted by atomic mass is 27.0. The Morgan fingerprint density at radius 3 is 2.77 bits per heavy atom. The number of likely N-dealkylation sites (tertiary alicyclic amines) is 1. The molecule has 2 N–H and O–H groups in total. The number of benzene rings is 1. The van der Waals surface area contributed by atoms with E-state index in [1.54, 1.807) is 31.3 Å². The second-order valence-electron chi connectivity index (χ2n) is 9.41. The van der Waals surface area contributed by atoms with Gasteiger partial charge in [-0.05, 0) is 49.4 Å². The number of anilines is 1. The first-order valence-corrected chi connectivity index (χ1v) is 11.8. The topological polar surface area (TPSA) is 104 Å². The maximum Gasteiger partial charge on any atom is 0.406 e. The van der Waals surface area contributed by atoms with Crippen LogP contribution in [0.2, 0.25) is 4.78 Å². The second-order valence-corrected chi connectivity index (χ2v) is 10.3. The number of amides is 3. The van der Waals surface area contributed by atoms with E-state index in [2.05, 4.69) is 36.9 Å². The first-order chi connectivity index (χ1) is 16.5. The van der Waals surface area contributed by atoms with Crippen molar-refractivity contribution in [2.45, 2.75) is 54.6 Å². The average molecular weight is 499 g/mol. The molecule has 3 aliphatic rings. The monoisotopic (exact) mass is 499 g/mol. The summed E-state index contributed by atoms with van der Waals surface area (Å²) in [6, 6.07) is 3.36. The van der Waals surface area contributed by atoms with Gasteiger partial charge in [0.05, 0.1) is 5.41 Å². The third kappa shape index (κ3) is 4.08. The summed E-state index contributed by atoms with van der Waals surface area (Å²) in [5.41, 5.74) is 1.88. The van der Waals surface area contributed by atoms with E-state index in [1.807, 2.05) is 0 Å². The van der Waals surface area contributed by atoms with Crippen molar-refractivity contribution >= 4 is 39.8 Å². The fourth-order valence-electron chi connectivity index (χ4n) is 5.28. The Labute approximate surface area is 207 Å². The van der Waals surface area contributed by atoms with Gasteiger partial charge in [0.25, 0.3) is 5.91 Å². The number of nitrogens with one attached hydrogen (secondary N) is 2. The molecule has 12 heteroatoms. The maximum absolute atomic E-state index is 13.0. The number of carbonyl (C=O) groups excluding carboxylic acids is 3. The molecule has 3 heterocycles. The molecule has 180 valence electrons. The highest BCUT2D eigenvalue weighted by Gasteiger charge is 2.51. The van der Waals surface area contributed by atoms with Gasteiger partial charge in [-0.1, -0.05) is 10.8 Å². The summed E-state index contributed by atoms with van der Waals surface area (Å²) in [7, 11) is 0. The van der Waals surface area contributed by atoms with Crippen LogP contribution < -0.4 is 10.6 Å². The minimum atomic E-state index is -4.54. The molecule has 0 bridgehead atoms. The number of hydrogen-bond acceptors (Lipinski definition) is 5. The Kier molecular flexibility index (Phi) is 5.64. The summed E-state index contributed by atoms with van der Waals surface area (Å²) < 4.78 is 38.7. The van der Waals surface area contributed by atoms with Crippen LogP contribution in [-0.2, 0) is 27.8 Å². The van der Waals surface area contributed by atoms with Crippen LogP contribution in [0.3, 0.4) is 0 Å². The van der Waals surface area contributed by atoms with Crippen LogP contribution >= 0.6 is 0 Å². The number of hydrogen-bond donors (Lipinski definition) is 2. The van der Waals surface area contributed by atoms with Crippen LogP contribution in [0.15, 0.2) is 30.7 Å². The van der Waals surface area contributed by atoms with Gasteiger partial charge in [0, 0.05) is 23.4 Å². The summed E-state index contributed by atoms with van der Waals surface area (Å²) in [5, 5.41) is 5.41. The van der Waals surface area contributed by atoms with E-state index in [1.165, 1.54) is 6.33 Å². The number of halogens is 3. The van der Waals surface area contributed by atoms with Gasteiger partial charge in [0.15, 0.2) is 0 Å². The smallest absolute Gasteiger partial charge is 0.340 e. The molecule has 3 amide bonds. The van der Waals surface area contributed by atoms with Crippen LogP contribution in [0.4, 0.5) is 19.0 Å². The van der Waals surface area contributed by atoms with Gasteiger partial charge in [0.1, 0.15) is 41.0 Å². The summed E-state index contributed by atoms with van der Waals surface area (Å²) in [6.45, 7) is 0.205. The van der Waals surface area contributed by atoms with E-state index in [-0.39, 0.29) is 22.7 Å². The Morgan fingerprint density at radius 2 is 2.03 bits per heavy atom. The van der Waals surface area contributed by atoms with Crippen molar-refractivity contribution < 1.29 is 27.6 Å². The van der Waals surface area contributed by atoms with Crippen LogP contribution in [0, 0.1) is 0 Å².